The monoisotopic (exact) mass is 342 g/mol. The molecule has 0 aliphatic carbocycles. The van der Waals surface area contributed by atoms with Crippen molar-refractivity contribution in [1.29, 1.82) is 0 Å². The number of halogens is 1. The van der Waals surface area contributed by atoms with E-state index in [1.54, 1.807) is 6.07 Å². The van der Waals surface area contributed by atoms with Gasteiger partial charge in [0.05, 0.1) is 6.10 Å². The van der Waals surface area contributed by atoms with Crippen molar-refractivity contribution in [3.8, 4) is 0 Å². The van der Waals surface area contributed by atoms with Gasteiger partial charge in [-0.15, -0.1) is 0 Å². The molecule has 0 spiro atoms. The zero-order chi connectivity index (χ0) is 17.6. The number of carbonyl (C=O) groups excluding carboxylic acids is 1. The maximum Gasteiger partial charge on any atom is 0.251 e. The van der Waals surface area contributed by atoms with Crippen molar-refractivity contribution in [1.82, 2.24) is 5.32 Å². The van der Waals surface area contributed by atoms with E-state index in [2.05, 4.69) is 10.2 Å². The van der Waals surface area contributed by atoms with Gasteiger partial charge in [0.15, 0.2) is 0 Å². The van der Waals surface area contributed by atoms with Crippen LogP contribution in [0, 0.1) is 5.82 Å². The zero-order valence-electron chi connectivity index (χ0n) is 14.1. The van der Waals surface area contributed by atoms with Gasteiger partial charge >= 0.3 is 0 Å². The van der Waals surface area contributed by atoms with E-state index >= 15 is 0 Å². The molecule has 1 fully saturated rings. The molecule has 1 aliphatic heterocycles. The molecule has 0 bridgehead atoms. The van der Waals surface area contributed by atoms with Gasteiger partial charge in [0.1, 0.15) is 5.82 Å². The predicted octanol–water partition coefficient (Wildman–Crippen LogP) is 2.76. The summed E-state index contributed by atoms with van der Waals surface area (Å²) < 4.78 is 13.1. The molecule has 3 rings (SSSR count). The molecular formula is C20H23FN2O2. The van der Waals surface area contributed by atoms with Crippen LogP contribution in [0.3, 0.4) is 0 Å². The number of nitrogens with zero attached hydrogens (tertiary/aromatic N) is 1. The Hall–Kier alpha value is -2.40. The fourth-order valence-electron chi connectivity index (χ4n) is 3.06. The van der Waals surface area contributed by atoms with E-state index in [0.29, 0.717) is 18.5 Å². The van der Waals surface area contributed by atoms with E-state index in [-0.39, 0.29) is 17.8 Å². The molecule has 25 heavy (non-hydrogen) atoms. The van der Waals surface area contributed by atoms with E-state index in [1.165, 1.54) is 12.1 Å². The number of nitrogens with one attached hydrogen (secondary N) is 1. The summed E-state index contributed by atoms with van der Waals surface area (Å²) in [4.78, 5) is 14.4. The van der Waals surface area contributed by atoms with E-state index in [1.807, 2.05) is 30.3 Å². The molecule has 0 atom stereocenters. The summed E-state index contributed by atoms with van der Waals surface area (Å²) in [7, 11) is 0. The second kappa shape index (κ2) is 8.12. The fraction of sp³-hybridized carbons (Fsp3) is 0.350. The fourth-order valence-corrected chi connectivity index (χ4v) is 3.06. The van der Waals surface area contributed by atoms with Crippen molar-refractivity contribution < 1.29 is 14.3 Å². The quantitative estimate of drug-likeness (QED) is 0.878. The first kappa shape index (κ1) is 17.4. The third-order valence-corrected chi connectivity index (χ3v) is 4.55. The number of rotatable bonds is 5. The second-order valence-electron chi connectivity index (χ2n) is 6.40. The number of aliphatic hydroxyl groups is 1. The van der Waals surface area contributed by atoms with Gasteiger partial charge in [-0.25, -0.2) is 4.39 Å². The van der Waals surface area contributed by atoms with Crippen LogP contribution < -0.4 is 10.2 Å². The van der Waals surface area contributed by atoms with Crippen LogP contribution in [-0.2, 0) is 6.42 Å². The number of aliphatic hydroxyl groups excluding tert-OH is 1. The molecule has 1 amide bonds. The lowest BCUT2D eigenvalue weighted by atomic mass is 10.1. The highest BCUT2D eigenvalue weighted by atomic mass is 19.1. The van der Waals surface area contributed by atoms with E-state index < -0.39 is 0 Å². The van der Waals surface area contributed by atoms with Crippen molar-refractivity contribution in [3.05, 3.63) is 65.5 Å². The van der Waals surface area contributed by atoms with Crippen molar-refractivity contribution in [3.63, 3.8) is 0 Å². The van der Waals surface area contributed by atoms with Gasteiger partial charge in [0.2, 0.25) is 0 Å². The second-order valence-corrected chi connectivity index (χ2v) is 6.40. The first-order chi connectivity index (χ1) is 12.1. The summed E-state index contributed by atoms with van der Waals surface area (Å²) in [6.07, 6.45) is 1.96. The minimum absolute atomic E-state index is 0.128. The molecule has 5 heteroatoms. The van der Waals surface area contributed by atoms with Gasteiger partial charge in [0, 0.05) is 30.9 Å². The SMILES string of the molecule is O=C(NCCc1cccc(F)c1)c1ccc(N2CCC(O)CC2)cc1. The Morgan fingerprint density at radius 3 is 2.56 bits per heavy atom. The molecule has 1 saturated heterocycles. The van der Waals surface area contributed by atoms with Crippen LogP contribution in [0.25, 0.3) is 0 Å². The first-order valence-electron chi connectivity index (χ1n) is 8.67. The third kappa shape index (κ3) is 4.79. The zero-order valence-corrected chi connectivity index (χ0v) is 14.1. The topological polar surface area (TPSA) is 52.6 Å². The summed E-state index contributed by atoms with van der Waals surface area (Å²) in [5, 5.41) is 12.4. The summed E-state index contributed by atoms with van der Waals surface area (Å²) in [5.41, 5.74) is 2.55. The molecule has 2 aromatic carbocycles. The van der Waals surface area contributed by atoms with Gasteiger partial charge < -0.3 is 15.3 Å². The highest BCUT2D eigenvalue weighted by molar-refractivity contribution is 5.94. The average Bonchev–Trinajstić information content (AvgIpc) is 2.62. The Balaban J connectivity index is 1.50. The number of hydrogen-bond acceptors (Lipinski definition) is 3. The van der Waals surface area contributed by atoms with Crippen molar-refractivity contribution in [2.24, 2.45) is 0 Å². The number of piperidine rings is 1. The molecule has 0 radical (unpaired) electrons. The van der Waals surface area contributed by atoms with Crippen LogP contribution in [0.2, 0.25) is 0 Å². The Kier molecular flexibility index (Phi) is 5.66. The van der Waals surface area contributed by atoms with Crippen molar-refractivity contribution in [2.45, 2.75) is 25.4 Å². The van der Waals surface area contributed by atoms with Crippen LogP contribution in [0.15, 0.2) is 48.5 Å². The Morgan fingerprint density at radius 1 is 1.16 bits per heavy atom. The van der Waals surface area contributed by atoms with Crippen LogP contribution >= 0.6 is 0 Å². The minimum atomic E-state index is -0.260. The summed E-state index contributed by atoms with van der Waals surface area (Å²) in [6, 6.07) is 13.9. The van der Waals surface area contributed by atoms with Gasteiger partial charge in [-0.1, -0.05) is 12.1 Å². The summed E-state index contributed by atoms with van der Waals surface area (Å²) in [6.45, 7) is 2.13. The highest BCUT2D eigenvalue weighted by Gasteiger charge is 2.17. The van der Waals surface area contributed by atoms with Gasteiger partial charge in [-0.2, -0.15) is 0 Å². The lowest BCUT2D eigenvalue weighted by Crippen LogP contribution is -2.35. The number of anilines is 1. The van der Waals surface area contributed by atoms with Crippen LogP contribution in [0.5, 0.6) is 0 Å². The maximum atomic E-state index is 13.1. The van der Waals surface area contributed by atoms with Crippen molar-refractivity contribution in [2.75, 3.05) is 24.5 Å². The van der Waals surface area contributed by atoms with Gasteiger partial charge in [-0.05, 0) is 61.2 Å². The third-order valence-electron chi connectivity index (χ3n) is 4.55. The molecule has 132 valence electrons. The van der Waals surface area contributed by atoms with E-state index in [9.17, 15) is 14.3 Å². The minimum Gasteiger partial charge on any atom is -0.393 e. The van der Waals surface area contributed by atoms with E-state index in [0.717, 1.165) is 37.2 Å². The maximum absolute atomic E-state index is 13.1. The van der Waals surface area contributed by atoms with E-state index in [4.69, 9.17) is 0 Å². The Bertz CT molecular complexity index is 710. The largest absolute Gasteiger partial charge is 0.393 e. The molecule has 1 heterocycles. The normalized spacial score (nSPS) is 15.2. The average molecular weight is 342 g/mol. The Labute approximate surface area is 147 Å². The number of amides is 1. The molecular weight excluding hydrogens is 319 g/mol. The van der Waals surface area contributed by atoms with Crippen LogP contribution in [0.4, 0.5) is 10.1 Å². The number of benzene rings is 2. The number of hydrogen-bond donors (Lipinski definition) is 2. The first-order valence-corrected chi connectivity index (χ1v) is 8.67. The predicted molar refractivity (Wildman–Crippen MR) is 96.3 cm³/mol. The molecule has 0 saturated carbocycles. The summed E-state index contributed by atoms with van der Waals surface area (Å²) >= 11 is 0. The van der Waals surface area contributed by atoms with Gasteiger partial charge in [-0.3, -0.25) is 4.79 Å². The summed E-state index contributed by atoms with van der Waals surface area (Å²) in [5.74, 6) is -0.387. The molecule has 1 aliphatic rings. The van der Waals surface area contributed by atoms with Crippen LogP contribution in [-0.4, -0.2) is 36.8 Å². The standard InChI is InChI=1S/C20H23FN2O2/c21-17-3-1-2-15(14-17)8-11-22-20(25)16-4-6-18(7-5-16)23-12-9-19(24)10-13-23/h1-7,14,19,24H,8-13H2,(H,22,25). The smallest absolute Gasteiger partial charge is 0.251 e. The Morgan fingerprint density at radius 2 is 1.88 bits per heavy atom. The van der Waals surface area contributed by atoms with Gasteiger partial charge in [0.25, 0.3) is 5.91 Å². The van der Waals surface area contributed by atoms with Crippen LogP contribution in [0.1, 0.15) is 28.8 Å². The van der Waals surface area contributed by atoms with Crippen molar-refractivity contribution >= 4 is 11.6 Å². The lowest BCUT2D eigenvalue weighted by molar-refractivity contribution is 0.0954. The molecule has 0 unspecified atom stereocenters. The number of carbonyl (C=O) groups is 1. The lowest BCUT2D eigenvalue weighted by Gasteiger charge is -2.31. The molecule has 0 aromatic heterocycles. The highest BCUT2D eigenvalue weighted by Crippen LogP contribution is 2.20. The molecule has 4 nitrogen and oxygen atoms in total. The molecule has 2 N–H and O–H groups in total. The molecule has 2 aromatic rings.